The molecule has 0 atom stereocenters. The second-order valence-corrected chi connectivity index (χ2v) is 5.20. The first-order valence-electron chi connectivity index (χ1n) is 8.02. The topological polar surface area (TPSA) is 45.5 Å². The van der Waals surface area contributed by atoms with Gasteiger partial charge in [0, 0.05) is 26.1 Å². The van der Waals surface area contributed by atoms with E-state index >= 15 is 0 Å². The third-order valence-corrected chi connectivity index (χ3v) is 3.24. The van der Waals surface area contributed by atoms with Crippen LogP contribution in [-0.4, -0.2) is 51.5 Å². The van der Waals surface area contributed by atoms with Gasteiger partial charge < -0.3 is 14.4 Å². The minimum absolute atomic E-state index is 0.581. The Kier molecular flexibility index (Phi) is 15.9. The summed E-state index contributed by atoms with van der Waals surface area (Å²) in [6, 6.07) is 2.14. The van der Waals surface area contributed by atoms with Gasteiger partial charge in [0.05, 0.1) is 25.9 Å². The van der Waals surface area contributed by atoms with Crippen molar-refractivity contribution in [2.45, 2.75) is 51.9 Å². The second kappa shape index (κ2) is 16.4. The van der Waals surface area contributed by atoms with Crippen molar-refractivity contribution < 1.29 is 9.47 Å². The summed E-state index contributed by atoms with van der Waals surface area (Å²) in [4.78, 5) is 2.11. The van der Waals surface area contributed by atoms with E-state index in [-0.39, 0.29) is 0 Å². The Bertz CT molecular complexity index is 229. The van der Waals surface area contributed by atoms with Crippen LogP contribution in [0.5, 0.6) is 0 Å². The largest absolute Gasteiger partial charge is 0.379 e. The highest BCUT2D eigenvalue weighted by Gasteiger charge is 1.97. The van der Waals surface area contributed by atoms with Gasteiger partial charge in [-0.15, -0.1) is 0 Å². The SMILES string of the molecule is CCCCCCCCOCCOCCN(C)CCC#N. The van der Waals surface area contributed by atoms with Gasteiger partial charge in [0.25, 0.3) is 0 Å². The predicted molar refractivity (Wildman–Crippen MR) is 82.7 cm³/mol. The summed E-state index contributed by atoms with van der Waals surface area (Å²) in [7, 11) is 2.01. The Balaban J connectivity index is 3.04. The van der Waals surface area contributed by atoms with Crippen LogP contribution >= 0.6 is 0 Å². The zero-order chi connectivity index (χ0) is 14.9. The van der Waals surface area contributed by atoms with E-state index in [0.29, 0.717) is 26.2 Å². The van der Waals surface area contributed by atoms with Crippen LogP contribution in [0.1, 0.15) is 51.9 Å². The molecule has 0 rings (SSSR count). The van der Waals surface area contributed by atoms with Crippen LogP contribution in [0.4, 0.5) is 0 Å². The molecule has 0 aliphatic rings. The summed E-state index contributed by atoms with van der Waals surface area (Å²) in [5.74, 6) is 0. The fourth-order valence-electron chi connectivity index (χ4n) is 1.88. The Morgan fingerprint density at radius 2 is 1.50 bits per heavy atom. The average molecular weight is 284 g/mol. The molecule has 4 nitrogen and oxygen atoms in total. The first-order chi connectivity index (χ1) is 9.81. The number of unbranched alkanes of at least 4 members (excludes halogenated alkanes) is 5. The van der Waals surface area contributed by atoms with Gasteiger partial charge in [-0.05, 0) is 13.5 Å². The quantitative estimate of drug-likeness (QED) is 0.433. The number of nitrogens with zero attached hydrogens (tertiary/aromatic N) is 2. The van der Waals surface area contributed by atoms with Gasteiger partial charge >= 0.3 is 0 Å². The van der Waals surface area contributed by atoms with Gasteiger partial charge in [-0.25, -0.2) is 0 Å². The highest BCUT2D eigenvalue weighted by molar-refractivity contribution is 4.70. The molecule has 0 aromatic carbocycles. The second-order valence-electron chi connectivity index (χ2n) is 5.20. The van der Waals surface area contributed by atoms with E-state index in [4.69, 9.17) is 14.7 Å². The number of nitriles is 1. The lowest BCUT2D eigenvalue weighted by molar-refractivity contribution is 0.0398. The number of likely N-dealkylation sites (N-methyl/N-ethyl adjacent to an activating group) is 1. The van der Waals surface area contributed by atoms with Crippen molar-refractivity contribution in [3.8, 4) is 6.07 Å². The standard InChI is InChI=1S/C16H32N2O2/c1-3-4-5-6-7-8-13-19-15-16-20-14-12-18(2)11-9-10-17/h3-9,11-16H2,1-2H3. The third-order valence-electron chi connectivity index (χ3n) is 3.24. The van der Waals surface area contributed by atoms with Crippen LogP contribution < -0.4 is 0 Å². The Labute approximate surface area is 125 Å². The molecule has 0 aliphatic heterocycles. The van der Waals surface area contributed by atoms with Gasteiger partial charge in [-0.1, -0.05) is 39.0 Å². The summed E-state index contributed by atoms with van der Waals surface area (Å²) in [6.07, 6.45) is 8.39. The van der Waals surface area contributed by atoms with E-state index in [0.717, 1.165) is 19.7 Å². The molecular weight excluding hydrogens is 252 g/mol. The fourth-order valence-corrected chi connectivity index (χ4v) is 1.88. The van der Waals surface area contributed by atoms with Crippen molar-refractivity contribution in [2.24, 2.45) is 0 Å². The van der Waals surface area contributed by atoms with Crippen molar-refractivity contribution in [1.82, 2.24) is 4.90 Å². The van der Waals surface area contributed by atoms with Gasteiger partial charge in [0.1, 0.15) is 0 Å². The molecule has 4 heteroatoms. The highest BCUT2D eigenvalue weighted by Crippen LogP contribution is 2.04. The highest BCUT2D eigenvalue weighted by atomic mass is 16.5. The lowest BCUT2D eigenvalue weighted by atomic mass is 10.1. The number of hydrogen-bond donors (Lipinski definition) is 0. The Morgan fingerprint density at radius 3 is 2.20 bits per heavy atom. The zero-order valence-corrected chi connectivity index (χ0v) is 13.4. The molecule has 0 radical (unpaired) electrons. The van der Waals surface area contributed by atoms with E-state index in [1.54, 1.807) is 0 Å². The minimum Gasteiger partial charge on any atom is -0.379 e. The lowest BCUT2D eigenvalue weighted by Gasteiger charge is -2.14. The minimum atomic E-state index is 0.581. The summed E-state index contributed by atoms with van der Waals surface area (Å²) in [6.45, 7) is 6.86. The van der Waals surface area contributed by atoms with Crippen LogP contribution in [0.3, 0.4) is 0 Å². The number of rotatable bonds is 15. The van der Waals surface area contributed by atoms with Crippen LogP contribution in [-0.2, 0) is 9.47 Å². The molecule has 0 spiro atoms. The smallest absolute Gasteiger partial charge is 0.0701 e. The normalized spacial score (nSPS) is 10.9. The molecule has 0 saturated heterocycles. The van der Waals surface area contributed by atoms with Gasteiger partial charge in [0.2, 0.25) is 0 Å². The van der Waals surface area contributed by atoms with Gasteiger partial charge in [-0.3, -0.25) is 0 Å². The maximum absolute atomic E-state index is 8.46. The lowest BCUT2D eigenvalue weighted by Crippen LogP contribution is -2.24. The van der Waals surface area contributed by atoms with Crippen LogP contribution in [0.25, 0.3) is 0 Å². The van der Waals surface area contributed by atoms with E-state index < -0.39 is 0 Å². The van der Waals surface area contributed by atoms with E-state index in [9.17, 15) is 0 Å². The molecule has 0 N–H and O–H groups in total. The van der Waals surface area contributed by atoms with Crippen molar-refractivity contribution in [1.29, 1.82) is 5.26 Å². The van der Waals surface area contributed by atoms with E-state index in [1.165, 1.54) is 38.5 Å². The van der Waals surface area contributed by atoms with E-state index in [1.807, 2.05) is 7.05 Å². The molecule has 20 heavy (non-hydrogen) atoms. The molecule has 0 heterocycles. The molecule has 0 fully saturated rings. The molecule has 0 saturated carbocycles. The monoisotopic (exact) mass is 284 g/mol. The van der Waals surface area contributed by atoms with Crippen LogP contribution in [0.2, 0.25) is 0 Å². The fraction of sp³-hybridized carbons (Fsp3) is 0.938. The Morgan fingerprint density at radius 1 is 0.850 bits per heavy atom. The third kappa shape index (κ3) is 15.4. The molecule has 0 aromatic heterocycles. The molecule has 118 valence electrons. The molecule has 0 amide bonds. The van der Waals surface area contributed by atoms with Gasteiger partial charge in [0.15, 0.2) is 0 Å². The summed E-state index contributed by atoms with van der Waals surface area (Å²) in [5.41, 5.74) is 0. The summed E-state index contributed by atoms with van der Waals surface area (Å²) in [5, 5.41) is 8.46. The molecule has 0 aliphatic carbocycles. The number of ether oxygens (including phenoxy) is 2. The van der Waals surface area contributed by atoms with E-state index in [2.05, 4.69) is 17.9 Å². The van der Waals surface area contributed by atoms with Crippen molar-refractivity contribution in [3.05, 3.63) is 0 Å². The first-order valence-corrected chi connectivity index (χ1v) is 8.02. The maximum Gasteiger partial charge on any atom is 0.0701 e. The van der Waals surface area contributed by atoms with Crippen LogP contribution in [0.15, 0.2) is 0 Å². The maximum atomic E-state index is 8.46. The molecule has 0 bridgehead atoms. The Hall–Kier alpha value is -0.630. The summed E-state index contributed by atoms with van der Waals surface area (Å²) < 4.78 is 11.0. The number of hydrogen-bond acceptors (Lipinski definition) is 4. The average Bonchev–Trinajstić information content (AvgIpc) is 2.46. The van der Waals surface area contributed by atoms with Crippen LogP contribution in [0, 0.1) is 11.3 Å². The molecule has 0 unspecified atom stereocenters. The predicted octanol–water partition coefficient (Wildman–Crippen LogP) is 3.23. The van der Waals surface area contributed by atoms with Crippen molar-refractivity contribution in [3.63, 3.8) is 0 Å². The van der Waals surface area contributed by atoms with Crippen molar-refractivity contribution in [2.75, 3.05) is 46.6 Å². The van der Waals surface area contributed by atoms with Gasteiger partial charge in [-0.2, -0.15) is 5.26 Å². The zero-order valence-electron chi connectivity index (χ0n) is 13.4. The summed E-state index contributed by atoms with van der Waals surface area (Å²) >= 11 is 0. The molecular formula is C16H32N2O2. The van der Waals surface area contributed by atoms with Crippen molar-refractivity contribution >= 4 is 0 Å². The molecule has 0 aromatic rings. The first kappa shape index (κ1) is 19.4.